The van der Waals surface area contributed by atoms with E-state index in [0.717, 1.165) is 30.8 Å². The van der Waals surface area contributed by atoms with Crippen LogP contribution in [0.3, 0.4) is 0 Å². The van der Waals surface area contributed by atoms with E-state index < -0.39 is 0 Å². The second-order valence-corrected chi connectivity index (χ2v) is 6.99. The minimum Gasteiger partial charge on any atom is -0.373 e. The van der Waals surface area contributed by atoms with Crippen LogP contribution in [0, 0.1) is 5.92 Å². The van der Waals surface area contributed by atoms with Crippen molar-refractivity contribution in [3.05, 3.63) is 54.4 Å². The molecule has 0 spiro atoms. The molecule has 0 unspecified atom stereocenters. The van der Waals surface area contributed by atoms with Gasteiger partial charge in [-0.25, -0.2) is 0 Å². The molecule has 1 saturated carbocycles. The van der Waals surface area contributed by atoms with Crippen molar-refractivity contribution in [1.29, 1.82) is 0 Å². The summed E-state index contributed by atoms with van der Waals surface area (Å²) < 4.78 is 0. The van der Waals surface area contributed by atoms with Crippen LogP contribution in [0.25, 0.3) is 0 Å². The molecule has 1 aliphatic heterocycles. The van der Waals surface area contributed by atoms with Crippen LogP contribution in [0.2, 0.25) is 0 Å². The first-order chi connectivity index (χ1) is 11.7. The predicted molar refractivity (Wildman–Crippen MR) is 96.4 cm³/mol. The Morgan fingerprint density at radius 3 is 2.71 bits per heavy atom. The van der Waals surface area contributed by atoms with Crippen LogP contribution in [-0.4, -0.2) is 30.5 Å². The average molecular weight is 321 g/mol. The monoisotopic (exact) mass is 321 g/mol. The second kappa shape index (κ2) is 5.93. The number of nitrogens with zero attached hydrogens (tertiary/aromatic N) is 3. The number of fused-ring (bicyclic) bond motifs is 1. The highest BCUT2D eigenvalue weighted by molar-refractivity contribution is 6.01. The summed E-state index contributed by atoms with van der Waals surface area (Å²) in [5.41, 5.74) is 3.38. The lowest BCUT2D eigenvalue weighted by atomic mass is 10.1. The van der Waals surface area contributed by atoms with E-state index in [1.54, 1.807) is 6.20 Å². The largest absolute Gasteiger partial charge is 0.373 e. The Hall–Kier alpha value is -2.36. The van der Waals surface area contributed by atoms with E-state index in [-0.39, 0.29) is 17.9 Å². The molecular weight excluding hydrogens is 298 g/mol. The van der Waals surface area contributed by atoms with E-state index >= 15 is 0 Å². The smallest absolute Gasteiger partial charge is 0.231 e. The highest BCUT2D eigenvalue weighted by atomic mass is 16.2. The summed E-state index contributed by atoms with van der Waals surface area (Å²) in [6.07, 6.45) is 5.60. The molecule has 2 aromatic rings. The Balaban J connectivity index is 1.63. The molecule has 0 N–H and O–H groups in total. The molecule has 4 nitrogen and oxygen atoms in total. The Bertz CT molecular complexity index is 746. The summed E-state index contributed by atoms with van der Waals surface area (Å²) in [6, 6.07) is 12.5. The van der Waals surface area contributed by atoms with Gasteiger partial charge in [-0.05, 0) is 49.4 Å². The third-order valence-corrected chi connectivity index (χ3v) is 5.33. The Labute approximate surface area is 143 Å². The lowest BCUT2D eigenvalue weighted by Crippen LogP contribution is -2.39. The van der Waals surface area contributed by atoms with Gasteiger partial charge in [0.25, 0.3) is 0 Å². The molecule has 2 aliphatic rings. The van der Waals surface area contributed by atoms with Crippen molar-refractivity contribution in [1.82, 2.24) is 4.98 Å². The zero-order valence-electron chi connectivity index (χ0n) is 14.2. The number of carbonyl (C=O) groups is 1. The number of benzene rings is 1. The number of para-hydroxylation sites is 2. The Kier molecular flexibility index (Phi) is 3.75. The summed E-state index contributed by atoms with van der Waals surface area (Å²) in [7, 11) is 2.11. The van der Waals surface area contributed by atoms with Gasteiger partial charge in [-0.1, -0.05) is 18.2 Å². The molecule has 2 heterocycles. The summed E-state index contributed by atoms with van der Waals surface area (Å²) in [4.78, 5) is 21.8. The first kappa shape index (κ1) is 15.2. The lowest BCUT2D eigenvalue weighted by molar-refractivity contribution is -0.120. The van der Waals surface area contributed by atoms with E-state index in [1.165, 1.54) is 5.56 Å². The fourth-order valence-electron chi connectivity index (χ4n) is 3.80. The van der Waals surface area contributed by atoms with Gasteiger partial charge in [0.1, 0.15) is 0 Å². The first-order valence-corrected chi connectivity index (χ1v) is 8.70. The van der Waals surface area contributed by atoms with Crippen LogP contribution < -0.4 is 9.80 Å². The topological polar surface area (TPSA) is 36.4 Å². The molecule has 1 aliphatic carbocycles. The molecule has 1 aromatic carbocycles. The van der Waals surface area contributed by atoms with Crippen LogP contribution in [0.1, 0.15) is 31.2 Å². The van der Waals surface area contributed by atoms with E-state index in [1.807, 2.05) is 29.3 Å². The van der Waals surface area contributed by atoms with Gasteiger partial charge in [0, 0.05) is 37.9 Å². The normalized spacial score (nSPS) is 25.8. The maximum absolute atomic E-state index is 13.3. The quantitative estimate of drug-likeness (QED) is 0.850. The van der Waals surface area contributed by atoms with Crippen molar-refractivity contribution >= 4 is 17.3 Å². The van der Waals surface area contributed by atoms with Crippen molar-refractivity contribution in [3.8, 4) is 0 Å². The van der Waals surface area contributed by atoms with E-state index in [0.29, 0.717) is 5.92 Å². The summed E-state index contributed by atoms with van der Waals surface area (Å²) in [5, 5.41) is 0. The summed E-state index contributed by atoms with van der Waals surface area (Å²) in [6.45, 7) is 3.13. The zero-order chi connectivity index (χ0) is 16.7. The van der Waals surface area contributed by atoms with Crippen molar-refractivity contribution in [2.75, 3.05) is 23.4 Å². The number of amides is 1. The fourth-order valence-corrected chi connectivity index (χ4v) is 3.80. The SMILES string of the molecule is C[C@@H]1CCN(C)c2ccccc2N1C(=O)[C@@H]1C[C@@H]1c1cccnc1. The highest BCUT2D eigenvalue weighted by Gasteiger charge is 2.47. The van der Waals surface area contributed by atoms with Gasteiger partial charge >= 0.3 is 0 Å². The Morgan fingerprint density at radius 2 is 1.96 bits per heavy atom. The van der Waals surface area contributed by atoms with Crippen molar-refractivity contribution in [2.45, 2.75) is 31.7 Å². The van der Waals surface area contributed by atoms with Crippen molar-refractivity contribution in [2.24, 2.45) is 5.92 Å². The van der Waals surface area contributed by atoms with Gasteiger partial charge in [-0.15, -0.1) is 0 Å². The Morgan fingerprint density at radius 1 is 1.17 bits per heavy atom. The lowest BCUT2D eigenvalue weighted by Gasteiger charge is -2.29. The van der Waals surface area contributed by atoms with Crippen LogP contribution in [0.15, 0.2) is 48.8 Å². The first-order valence-electron chi connectivity index (χ1n) is 8.70. The number of pyridine rings is 1. The molecule has 1 fully saturated rings. The van der Waals surface area contributed by atoms with Crippen molar-refractivity contribution < 1.29 is 4.79 Å². The minimum absolute atomic E-state index is 0.0908. The molecule has 24 heavy (non-hydrogen) atoms. The molecule has 4 heteroatoms. The highest BCUT2D eigenvalue weighted by Crippen LogP contribution is 2.49. The number of rotatable bonds is 2. The number of anilines is 2. The standard InChI is InChI=1S/C20H23N3O/c1-14-9-11-22(2)18-7-3-4-8-19(18)23(14)20(24)17-12-16(17)15-6-5-10-21-13-15/h3-8,10,13-14,16-17H,9,11-12H2,1-2H3/t14-,16-,17-/m1/s1. The zero-order valence-corrected chi connectivity index (χ0v) is 14.2. The third-order valence-electron chi connectivity index (χ3n) is 5.33. The van der Waals surface area contributed by atoms with Gasteiger partial charge in [0.2, 0.25) is 5.91 Å². The van der Waals surface area contributed by atoms with E-state index in [2.05, 4.69) is 42.1 Å². The van der Waals surface area contributed by atoms with Crippen LogP contribution in [0.5, 0.6) is 0 Å². The number of hydrogen-bond donors (Lipinski definition) is 0. The molecule has 0 saturated heterocycles. The van der Waals surface area contributed by atoms with Gasteiger partial charge in [0.15, 0.2) is 0 Å². The van der Waals surface area contributed by atoms with E-state index in [9.17, 15) is 4.79 Å². The van der Waals surface area contributed by atoms with Gasteiger partial charge in [-0.2, -0.15) is 0 Å². The maximum Gasteiger partial charge on any atom is 0.231 e. The van der Waals surface area contributed by atoms with Crippen LogP contribution in [-0.2, 0) is 4.79 Å². The predicted octanol–water partition coefficient (Wildman–Crippen LogP) is 3.45. The molecule has 1 amide bonds. The summed E-state index contributed by atoms with van der Waals surface area (Å²) in [5.74, 6) is 0.679. The van der Waals surface area contributed by atoms with Crippen molar-refractivity contribution in [3.63, 3.8) is 0 Å². The second-order valence-electron chi connectivity index (χ2n) is 6.99. The average Bonchev–Trinajstić information content (AvgIpc) is 3.42. The number of carbonyl (C=O) groups excluding carboxylic acids is 1. The minimum atomic E-state index is 0.0908. The maximum atomic E-state index is 13.3. The fraction of sp³-hybridized carbons (Fsp3) is 0.400. The molecule has 0 bridgehead atoms. The summed E-state index contributed by atoms with van der Waals surface area (Å²) >= 11 is 0. The van der Waals surface area contributed by atoms with Gasteiger partial charge < -0.3 is 9.80 Å². The van der Waals surface area contributed by atoms with Gasteiger partial charge in [-0.3, -0.25) is 9.78 Å². The van der Waals surface area contributed by atoms with Gasteiger partial charge in [0.05, 0.1) is 11.4 Å². The van der Waals surface area contributed by atoms with Crippen LogP contribution in [0.4, 0.5) is 11.4 Å². The number of aromatic nitrogens is 1. The number of hydrogen-bond acceptors (Lipinski definition) is 3. The molecule has 124 valence electrons. The van der Waals surface area contributed by atoms with E-state index in [4.69, 9.17) is 0 Å². The molecule has 0 radical (unpaired) electrons. The molecule has 4 rings (SSSR count). The molecular formula is C20H23N3O. The molecule has 3 atom stereocenters. The third kappa shape index (κ3) is 2.56. The van der Waals surface area contributed by atoms with Crippen LogP contribution >= 0.6 is 0 Å². The molecule has 1 aromatic heterocycles.